The number of aryl methyl sites for hydroxylation is 2. The maximum absolute atomic E-state index is 4.78. The number of aromatic nitrogens is 2. The summed E-state index contributed by atoms with van der Waals surface area (Å²) in [6.45, 7) is 4.20. The molecule has 4 rings (SSSR count). The molecule has 0 aliphatic carbocycles. The van der Waals surface area contributed by atoms with Gasteiger partial charge in [0, 0.05) is 21.9 Å². The van der Waals surface area contributed by atoms with E-state index < -0.39 is 0 Å². The molecule has 0 amide bonds. The highest BCUT2D eigenvalue weighted by molar-refractivity contribution is 7.11. The molecule has 0 radical (unpaired) electrons. The van der Waals surface area contributed by atoms with Crippen LogP contribution in [0.4, 0.5) is 0 Å². The lowest BCUT2D eigenvalue weighted by Crippen LogP contribution is -1.87. The number of rotatable bonds is 4. The summed E-state index contributed by atoms with van der Waals surface area (Å²) in [4.78, 5) is 9.57. The lowest BCUT2D eigenvalue weighted by Gasteiger charge is -1.98. The zero-order valence-corrected chi connectivity index (χ0v) is 15.8. The molecule has 0 unspecified atom stereocenters. The summed E-state index contributed by atoms with van der Waals surface area (Å²) in [6.07, 6.45) is 0.799. The first-order valence-corrected chi connectivity index (χ1v) is 9.96. The fourth-order valence-corrected chi connectivity index (χ4v) is 4.33. The largest absolute Gasteiger partial charge is 0.241 e. The lowest BCUT2D eigenvalue weighted by molar-refractivity contribution is 1.11. The highest BCUT2D eigenvalue weighted by atomic mass is 32.1. The van der Waals surface area contributed by atoms with E-state index in [1.54, 1.807) is 22.7 Å². The zero-order valence-electron chi connectivity index (χ0n) is 14.2. The van der Waals surface area contributed by atoms with E-state index in [0.29, 0.717) is 0 Å². The molecular weight excluding hydrogens is 344 g/mol. The van der Waals surface area contributed by atoms with Crippen LogP contribution in [0, 0.1) is 13.8 Å². The van der Waals surface area contributed by atoms with Crippen molar-refractivity contribution in [1.82, 2.24) is 9.97 Å². The normalized spacial score (nSPS) is 11.0. The molecule has 2 heterocycles. The van der Waals surface area contributed by atoms with Crippen LogP contribution in [0.2, 0.25) is 0 Å². The lowest BCUT2D eigenvalue weighted by atomic mass is 10.1. The summed E-state index contributed by atoms with van der Waals surface area (Å²) in [7, 11) is 0. The average Bonchev–Trinajstić information content (AvgIpc) is 3.27. The minimum atomic E-state index is 0.799. The molecule has 0 spiro atoms. The summed E-state index contributed by atoms with van der Waals surface area (Å²) in [5.74, 6) is 0. The number of benzene rings is 2. The van der Waals surface area contributed by atoms with Gasteiger partial charge in [-0.3, -0.25) is 0 Å². The summed E-state index contributed by atoms with van der Waals surface area (Å²) >= 11 is 3.41. The van der Waals surface area contributed by atoms with Crippen molar-refractivity contribution >= 4 is 22.7 Å². The Morgan fingerprint density at radius 2 is 1.04 bits per heavy atom. The van der Waals surface area contributed by atoms with Crippen LogP contribution in [0.15, 0.2) is 59.3 Å². The van der Waals surface area contributed by atoms with Gasteiger partial charge in [-0.05, 0) is 13.8 Å². The van der Waals surface area contributed by atoms with Crippen molar-refractivity contribution in [3.05, 3.63) is 80.4 Å². The minimum Gasteiger partial charge on any atom is -0.241 e. The molecular formula is C21H18N2S2. The van der Waals surface area contributed by atoms with E-state index in [9.17, 15) is 0 Å². The quantitative estimate of drug-likeness (QED) is 0.436. The summed E-state index contributed by atoms with van der Waals surface area (Å²) in [5.41, 5.74) is 6.99. The number of nitrogens with zero attached hydrogens (tertiary/aromatic N) is 2. The van der Waals surface area contributed by atoms with E-state index in [1.807, 2.05) is 0 Å². The van der Waals surface area contributed by atoms with Gasteiger partial charge in [0.15, 0.2) is 0 Å². The average molecular weight is 363 g/mol. The fourth-order valence-electron chi connectivity index (χ4n) is 2.63. The second-order valence-corrected chi connectivity index (χ2v) is 8.05. The van der Waals surface area contributed by atoms with Crippen LogP contribution in [0.5, 0.6) is 0 Å². The number of hydrogen-bond donors (Lipinski definition) is 0. The third-order valence-electron chi connectivity index (χ3n) is 4.10. The number of thiazole rings is 2. The molecule has 0 aliphatic heterocycles. The van der Waals surface area contributed by atoms with Gasteiger partial charge in [0.05, 0.1) is 17.8 Å². The summed E-state index contributed by atoms with van der Waals surface area (Å²) in [5, 5.41) is 6.49. The van der Waals surface area contributed by atoms with E-state index in [4.69, 9.17) is 9.97 Å². The van der Waals surface area contributed by atoms with Crippen LogP contribution in [0.25, 0.3) is 22.5 Å². The van der Waals surface area contributed by atoms with Crippen LogP contribution in [-0.2, 0) is 6.42 Å². The Labute approximate surface area is 155 Å². The summed E-state index contributed by atoms with van der Waals surface area (Å²) < 4.78 is 0. The Morgan fingerprint density at radius 1 is 0.640 bits per heavy atom. The van der Waals surface area contributed by atoms with Crippen molar-refractivity contribution in [3.8, 4) is 22.5 Å². The molecule has 0 N–H and O–H groups in total. The van der Waals surface area contributed by atoms with Crippen molar-refractivity contribution in [2.24, 2.45) is 0 Å². The van der Waals surface area contributed by atoms with Gasteiger partial charge >= 0.3 is 0 Å². The maximum Gasteiger partial charge on any atom is 0.100 e. The van der Waals surface area contributed by atoms with Crippen LogP contribution in [-0.4, -0.2) is 9.97 Å². The van der Waals surface area contributed by atoms with Gasteiger partial charge in [0.2, 0.25) is 0 Å². The molecule has 124 valence electrons. The molecule has 25 heavy (non-hydrogen) atoms. The first-order valence-electron chi connectivity index (χ1n) is 8.20. The van der Waals surface area contributed by atoms with Gasteiger partial charge in [-0.15, -0.1) is 22.7 Å². The van der Waals surface area contributed by atoms with E-state index in [0.717, 1.165) is 27.8 Å². The predicted octanol–water partition coefficient (Wildman–Crippen LogP) is 6.14. The molecule has 0 fully saturated rings. The Balaban J connectivity index is 1.51. The van der Waals surface area contributed by atoms with Crippen molar-refractivity contribution in [2.75, 3.05) is 0 Å². The third-order valence-corrected chi connectivity index (χ3v) is 5.80. The van der Waals surface area contributed by atoms with Crippen LogP contribution in [0.1, 0.15) is 21.1 Å². The van der Waals surface area contributed by atoms with Crippen LogP contribution in [0.3, 0.4) is 0 Å². The van der Waals surface area contributed by atoms with E-state index in [-0.39, 0.29) is 0 Å². The molecule has 0 aliphatic rings. The van der Waals surface area contributed by atoms with Gasteiger partial charge in [0.25, 0.3) is 0 Å². The maximum atomic E-state index is 4.78. The molecule has 0 bridgehead atoms. The van der Waals surface area contributed by atoms with E-state index in [2.05, 4.69) is 73.1 Å². The monoisotopic (exact) mass is 362 g/mol. The van der Waals surface area contributed by atoms with Crippen LogP contribution >= 0.6 is 22.7 Å². The Bertz CT molecular complexity index is 898. The van der Waals surface area contributed by atoms with E-state index >= 15 is 0 Å². The van der Waals surface area contributed by atoms with E-state index in [1.165, 1.54) is 22.3 Å². The molecule has 4 heteroatoms. The molecule has 0 atom stereocenters. The summed E-state index contributed by atoms with van der Waals surface area (Å²) in [6, 6.07) is 17.0. The molecule has 4 aromatic rings. The molecule has 2 aromatic heterocycles. The topological polar surface area (TPSA) is 25.8 Å². The molecule has 0 saturated carbocycles. The Hall–Kier alpha value is -2.30. The molecule has 0 saturated heterocycles. The van der Waals surface area contributed by atoms with Gasteiger partial charge in [-0.1, -0.05) is 59.7 Å². The molecule has 2 nitrogen and oxygen atoms in total. The van der Waals surface area contributed by atoms with Crippen molar-refractivity contribution in [1.29, 1.82) is 0 Å². The number of hydrogen-bond acceptors (Lipinski definition) is 4. The standard InChI is InChI=1S/C21H18N2S2/c1-14-3-7-16(8-4-14)18-12-24-20(22-18)11-21-23-19(13-25-21)17-9-5-15(2)6-10-17/h3-10,12-13H,11H2,1-2H3. The van der Waals surface area contributed by atoms with Gasteiger partial charge < -0.3 is 0 Å². The fraction of sp³-hybridized carbons (Fsp3) is 0.143. The minimum absolute atomic E-state index is 0.799. The molecule has 2 aromatic carbocycles. The van der Waals surface area contributed by atoms with Gasteiger partial charge in [-0.25, -0.2) is 9.97 Å². The highest BCUT2D eigenvalue weighted by Crippen LogP contribution is 2.27. The van der Waals surface area contributed by atoms with Crippen LogP contribution < -0.4 is 0 Å². The van der Waals surface area contributed by atoms with Crippen molar-refractivity contribution in [3.63, 3.8) is 0 Å². The van der Waals surface area contributed by atoms with Crippen molar-refractivity contribution < 1.29 is 0 Å². The first-order chi connectivity index (χ1) is 12.2. The second-order valence-electron chi connectivity index (χ2n) is 6.16. The van der Waals surface area contributed by atoms with Crippen molar-refractivity contribution in [2.45, 2.75) is 20.3 Å². The first kappa shape index (κ1) is 16.2. The second kappa shape index (κ2) is 6.90. The SMILES string of the molecule is Cc1ccc(-c2csc(Cc3nc(-c4ccc(C)cc4)cs3)n2)cc1. The van der Waals surface area contributed by atoms with Gasteiger partial charge in [-0.2, -0.15) is 0 Å². The zero-order chi connectivity index (χ0) is 17.2. The van der Waals surface area contributed by atoms with Gasteiger partial charge in [0.1, 0.15) is 10.0 Å². The Kier molecular flexibility index (Phi) is 4.47. The highest BCUT2D eigenvalue weighted by Gasteiger charge is 2.09. The Morgan fingerprint density at radius 3 is 1.44 bits per heavy atom. The predicted molar refractivity (Wildman–Crippen MR) is 107 cm³/mol. The third kappa shape index (κ3) is 3.70. The smallest absolute Gasteiger partial charge is 0.100 e.